The molecule has 0 radical (unpaired) electrons. The second-order valence-corrected chi connectivity index (χ2v) is 6.34. The molecule has 5 nitrogen and oxygen atoms in total. The maximum atomic E-state index is 12.4. The van der Waals surface area contributed by atoms with Gasteiger partial charge in [0.1, 0.15) is 10.7 Å². The average Bonchev–Trinajstić information content (AvgIpc) is 3.13. The van der Waals surface area contributed by atoms with Crippen molar-refractivity contribution in [2.24, 2.45) is 0 Å². The molecule has 0 saturated carbocycles. The van der Waals surface area contributed by atoms with Gasteiger partial charge >= 0.3 is 0 Å². The summed E-state index contributed by atoms with van der Waals surface area (Å²) < 4.78 is 0. The molecule has 1 saturated heterocycles. The molecule has 1 fully saturated rings. The van der Waals surface area contributed by atoms with Gasteiger partial charge in [-0.2, -0.15) is 0 Å². The molecule has 1 amide bonds. The quantitative estimate of drug-likeness (QED) is 0.667. The first-order chi connectivity index (χ1) is 11.2. The number of thiazole rings is 1. The number of unbranched alkanes of at least 4 members (excludes halogenated alkanes) is 1. The van der Waals surface area contributed by atoms with Gasteiger partial charge in [0.15, 0.2) is 5.11 Å². The van der Waals surface area contributed by atoms with Gasteiger partial charge in [-0.15, -0.1) is 11.3 Å². The van der Waals surface area contributed by atoms with Crippen LogP contribution in [0.1, 0.15) is 25.5 Å². The van der Waals surface area contributed by atoms with E-state index < -0.39 is 0 Å². The monoisotopic (exact) mass is 344 g/mol. The van der Waals surface area contributed by atoms with E-state index in [4.69, 9.17) is 12.2 Å². The van der Waals surface area contributed by atoms with Crippen molar-refractivity contribution >= 4 is 40.7 Å². The highest BCUT2D eigenvalue weighted by molar-refractivity contribution is 7.80. The second kappa shape index (κ2) is 6.97. The Hall–Kier alpha value is -2.12. The molecule has 2 aromatic rings. The molecule has 1 N–H and O–H groups in total. The van der Waals surface area contributed by atoms with Gasteiger partial charge in [0, 0.05) is 18.1 Å². The molecule has 7 heteroatoms. The van der Waals surface area contributed by atoms with E-state index in [1.807, 2.05) is 23.6 Å². The zero-order chi connectivity index (χ0) is 16.2. The first-order valence-corrected chi connectivity index (χ1v) is 8.69. The van der Waals surface area contributed by atoms with Crippen molar-refractivity contribution in [3.8, 4) is 10.7 Å². The Balaban J connectivity index is 1.79. The Morgan fingerprint density at radius 3 is 3.04 bits per heavy atom. The summed E-state index contributed by atoms with van der Waals surface area (Å²) >= 11 is 6.73. The van der Waals surface area contributed by atoms with E-state index in [2.05, 4.69) is 22.2 Å². The molecule has 3 heterocycles. The fraction of sp³-hybridized carbons (Fsp3) is 0.250. The predicted octanol–water partition coefficient (Wildman–Crippen LogP) is 3.06. The fourth-order valence-electron chi connectivity index (χ4n) is 2.20. The van der Waals surface area contributed by atoms with Crippen LogP contribution in [0.3, 0.4) is 0 Å². The third-order valence-electron chi connectivity index (χ3n) is 3.40. The number of carbonyl (C=O) groups is 1. The van der Waals surface area contributed by atoms with Crippen LogP contribution in [0.25, 0.3) is 16.8 Å². The zero-order valence-electron chi connectivity index (χ0n) is 12.7. The molecule has 0 spiro atoms. The number of thiocarbonyl (C=S) groups is 1. The number of carbonyl (C=O) groups excluding carboxylic acids is 1. The normalized spacial score (nSPS) is 16.2. The van der Waals surface area contributed by atoms with Gasteiger partial charge in [0.25, 0.3) is 5.91 Å². The number of pyridine rings is 1. The Bertz CT molecular complexity index is 754. The van der Waals surface area contributed by atoms with Crippen LogP contribution in [-0.4, -0.2) is 32.4 Å². The lowest BCUT2D eigenvalue weighted by Crippen LogP contribution is -2.31. The number of hydrogen-bond donors (Lipinski definition) is 1. The van der Waals surface area contributed by atoms with Crippen LogP contribution in [-0.2, 0) is 4.79 Å². The average molecular weight is 344 g/mol. The van der Waals surface area contributed by atoms with E-state index in [1.165, 1.54) is 11.3 Å². The highest BCUT2D eigenvalue weighted by Gasteiger charge is 2.30. The Morgan fingerprint density at radius 1 is 1.43 bits per heavy atom. The molecule has 0 bridgehead atoms. The van der Waals surface area contributed by atoms with Crippen LogP contribution in [0.2, 0.25) is 0 Å². The molecule has 0 aliphatic carbocycles. The lowest BCUT2D eigenvalue weighted by Gasteiger charge is -2.12. The first kappa shape index (κ1) is 15.8. The smallest absolute Gasteiger partial charge is 0.276 e. The molecule has 1 aliphatic heterocycles. The van der Waals surface area contributed by atoms with E-state index in [-0.39, 0.29) is 5.91 Å². The summed E-state index contributed by atoms with van der Waals surface area (Å²) in [6.45, 7) is 2.73. The molecule has 0 atom stereocenters. The molecule has 0 unspecified atom stereocenters. The molecule has 23 heavy (non-hydrogen) atoms. The molecule has 2 aromatic heterocycles. The van der Waals surface area contributed by atoms with Crippen molar-refractivity contribution in [1.29, 1.82) is 0 Å². The topological polar surface area (TPSA) is 58.1 Å². The Kier molecular flexibility index (Phi) is 4.78. The Labute approximate surface area is 144 Å². The molecular formula is C16H16N4OS2. The van der Waals surface area contributed by atoms with E-state index in [0.717, 1.165) is 29.2 Å². The zero-order valence-corrected chi connectivity index (χ0v) is 14.3. The third-order valence-corrected chi connectivity index (χ3v) is 4.60. The minimum Gasteiger partial charge on any atom is -0.328 e. The number of amides is 1. The first-order valence-electron chi connectivity index (χ1n) is 7.40. The van der Waals surface area contributed by atoms with E-state index in [0.29, 0.717) is 17.4 Å². The van der Waals surface area contributed by atoms with Gasteiger partial charge in [0.05, 0.1) is 11.4 Å². The van der Waals surface area contributed by atoms with Gasteiger partial charge in [-0.05, 0) is 36.8 Å². The van der Waals surface area contributed by atoms with Crippen LogP contribution in [0.15, 0.2) is 35.5 Å². The highest BCUT2D eigenvalue weighted by atomic mass is 32.1. The predicted molar refractivity (Wildman–Crippen MR) is 95.7 cm³/mol. The summed E-state index contributed by atoms with van der Waals surface area (Å²) in [5.74, 6) is -0.0872. The number of aromatic nitrogens is 2. The van der Waals surface area contributed by atoms with Crippen LogP contribution in [0.4, 0.5) is 0 Å². The van der Waals surface area contributed by atoms with Gasteiger partial charge < -0.3 is 5.32 Å². The van der Waals surface area contributed by atoms with Crippen LogP contribution in [0, 0.1) is 0 Å². The van der Waals surface area contributed by atoms with E-state index in [9.17, 15) is 4.79 Å². The standard InChI is InChI=1S/C16H16N4OS2/c1-2-3-8-20-15(21)13(19-16(20)22)9-11-10-23-14(18-11)12-6-4-5-7-17-12/h4-7,9-10H,2-3,8H2,1H3,(H,19,22)/b13-9-. The molecule has 0 aromatic carbocycles. The fourth-order valence-corrected chi connectivity index (χ4v) is 3.24. The number of nitrogens with zero attached hydrogens (tertiary/aromatic N) is 3. The lowest BCUT2D eigenvalue weighted by molar-refractivity contribution is -0.122. The van der Waals surface area contributed by atoms with Crippen molar-refractivity contribution in [2.75, 3.05) is 6.54 Å². The van der Waals surface area contributed by atoms with Crippen molar-refractivity contribution in [2.45, 2.75) is 19.8 Å². The molecule has 1 aliphatic rings. The summed E-state index contributed by atoms with van der Waals surface area (Å²) in [7, 11) is 0. The SMILES string of the molecule is CCCCN1C(=O)/C(=C/c2csc(-c3ccccn3)n2)NC1=S. The van der Waals surface area contributed by atoms with E-state index >= 15 is 0 Å². The number of nitrogens with one attached hydrogen (secondary N) is 1. The van der Waals surface area contributed by atoms with Gasteiger partial charge in [0.2, 0.25) is 0 Å². The van der Waals surface area contributed by atoms with Gasteiger partial charge in [-0.3, -0.25) is 14.7 Å². The second-order valence-electron chi connectivity index (χ2n) is 5.09. The minimum absolute atomic E-state index is 0.0872. The largest absolute Gasteiger partial charge is 0.328 e. The maximum Gasteiger partial charge on any atom is 0.276 e. The highest BCUT2D eigenvalue weighted by Crippen LogP contribution is 2.23. The third kappa shape index (κ3) is 3.46. The van der Waals surface area contributed by atoms with Gasteiger partial charge in [-0.25, -0.2) is 4.98 Å². The van der Waals surface area contributed by atoms with Crippen molar-refractivity contribution in [3.05, 3.63) is 41.2 Å². The van der Waals surface area contributed by atoms with Crippen LogP contribution < -0.4 is 5.32 Å². The van der Waals surface area contributed by atoms with Gasteiger partial charge in [-0.1, -0.05) is 19.4 Å². The van der Waals surface area contributed by atoms with Crippen molar-refractivity contribution in [1.82, 2.24) is 20.2 Å². The summed E-state index contributed by atoms with van der Waals surface area (Å²) in [5.41, 5.74) is 2.03. The van der Waals surface area contributed by atoms with Crippen molar-refractivity contribution < 1.29 is 4.79 Å². The summed E-state index contributed by atoms with van der Waals surface area (Å²) in [6.07, 6.45) is 5.43. The summed E-state index contributed by atoms with van der Waals surface area (Å²) in [6, 6.07) is 5.71. The molecule has 118 valence electrons. The summed E-state index contributed by atoms with van der Waals surface area (Å²) in [4.78, 5) is 22.8. The lowest BCUT2D eigenvalue weighted by atomic mass is 10.3. The van der Waals surface area contributed by atoms with E-state index in [1.54, 1.807) is 17.2 Å². The summed E-state index contributed by atoms with van der Waals surface area (Å²) in [5, 5.41) is 6.18. The Morgan fingerprint density at radius 2 is 2.30 bits per heavy atom. The molecule has 3 rings (SSSR count). The van der Waals surface area contributed by atoms with Crippen LogP contribution >= 0.6 is 23.6 Å². The molecular weight excluding hydrogens is 328 g/mol. The maximum absolute atomic E-state index is 12.4. The minimum atomic E-state index is -0.0872. The number of rotatable bonds is 5. The van der Waals surface area contributed by atoms with Crippen LogP contribution in [0.5, 0.6) is 0 Å². The number of hydrogen-bond acceptors (Lipinski definition) is 5. The van der Waals surface area contributed by atoms with Crippen molar-refractivity contribution in [3.63, 3.8) is 0 Å².